The molecule has 100 heavy (non-hydrogen) atoms. The zero-order valence-electron chi connectivity index (χ0n) is 57.8. The molecule has 1 heterocycles. The summed E-state index contributed by atoms with van der Waals surface area (Å²) in [7, 11) is -3.26. The molecule has 0 spiro atoms. The summed E-state index contributed by atoms with van der Waals surface area (Å²) < 4.78 is 0. The largest absolute Gasteiger partial charge is 0.237 e. The zero-order valence-corrected chi connectivity index (χ0v) is 64.8. The van der Waals surface area contributed by atoms with Crippen molar-refractivity contribution in [2.45, 2.75) is 63.1 Å². The quantitative estimate of drug-likeness (QED) is 0.0632. The second-order valence-electron chi connectivity index (χ2n) is 24.4. The van der Waals surface area contributed by atoms with E-state index in [2.05, 4.69) is 451 Å². The van der Waals surface area contributed by atoms with Crippen LogP contribution in [0, 0.1) is 0 Å². The topological polar surface area (TPSA) is 25.8 Å². The van der Waals surface area contributed by atoms with E-state index in [0.29, 0.717) is 0 Å². The number of hydrogen-bond acceptors (Lipinski definition) is 3. The molecule has 0 aliphatic rings. The fourth-order valence-corrected chi connectivity index (χ4v) is 30.8. The van der Waals surface area contributed by atoms with E-state index in [4.69, 9.17) is 0 Å². The molecule has 1 aromatic heterocycles. The summed E-state index contributed by atoms with van der Waals surface area (Å²) in [5, 5.41) is 16.8. The van der Waals surface area contributed by atoms with E-state index in [1.54, 1.807) is 12.4 Å². The number of nitrogens with zero attached hydrogens (tertiary/aromatic N) is 2. The monoisotopic (exact) mass is 1500 g/mol. The summed E-state index contributed by atoms with van der Waals surface area (Å²) in [4.78, 5) is 10.0. The zero-order chi connectivity index (χ0) is 68.7. The van der Waals surface area contributed by atoms with Gasteiger partial charge >= 0.3 is 0 Å². The van der Waals surface area contributed by atoms with Gasteiger partial charge in [0.05, 0.1) is 0 Å². The Kier molecular flexibility index (Phi) is 31.2. The second kappa shape index (κ2) is 41.0. The van der Waals surface area contributed by atoms with E-state index >= 15 is 0 Å². The number of aromatic nitrogens is 2. The number of benzene rings is 13. The fraction of sp³-hybridized carbons (Fsp3) is 0.0989. The summed E-state index contributed by atoms with van der Waals surface area (Å²) in [5.74, 6) is 0.795. The molecule has 0 aliphatic heterocycles. The molecule has 14 aromatic rings. The van der Waals surface area contributed by atoms with Crippen molar-refractivity contribution in [1.29, 1.82) is 0 Å². The average Bonchev–Trinajstić information content (AvgIpc) is 0.817. The van der Waals surface area contributed by atoms with Gasteiger partial charge in [-0.2, -0.15) is 11.2 Å². The Morgan fingerprint density at radius 1 is 0.220 bits per heavy atom. The van der Waals surface area contributed by atoms with Crippen LogP contribution in [0.25, 0.3) is 11.4 Å². The van der Waals surface area contributed by atoms with Gasteiger partial charge in [0.15, 0.2) is 5.82 Å². The first-order chi connectivity index (χ1) is 48.7. The molecule has 0 N–H and O–H groups in total. The Hall–Kier alpha value is -8.11. The van der Waals surface area contributed by atoms with E-state index in [-0.39, 0.29) is 20.4 Å². The molecular formula is C91H88N2P4PdSSi. The first-order valence-corrected chi connectivity index (χ1v) is 43.2. The molecule has 13 aromatic carbocycles. The molecule has 0 atom stereocenters. The summed E-state index contributed by atoms with van der Waals surface area (Å²) in [6.07, 6.45) is 3.58. The van der Waals surface area contributed by atoms with Crippen LogP contribution in [-0.4, -0.2) is 17.2 Å². The maximum Gasteiger partial charge on any atom is 0.159 e. The minimum Gasteiger partial charge on any atom is -0.237 e. The molecule has 0 radical (unpaired) electrons. The summed E-state index contributed by atoms with van der Waals surface area (Å²) in [6.45, 7) is 14.4. The van der Waals surface area contributed by atoms with Gasteiger partial charge < -0.3 is 0 Å². The minimum absolute atomic E-state index is 0. The predicted octanol–water partition coefficient (Wildman–Crippen LogP) is 20.2. The maximum absolute atomic E-state index is 4.33. The van der Waals surface area contributed by atoms with Crippen LogP contribution in [0.2, 0.25) is 16.6 Å². The third-order valence-electron chi connectivity index (χ3n) is 16.9. The third kappa shape index (κ3) is 21.7. The van der Waals surface area contributed by atoms with Gasteiger partial charge in [-0.1, -0.05) is 418 Å². The fourth-order valence-electron chi connectivity index (χ4n) is 12.4. The van der Waals surface area contributed by atoms with Crippen LogP contribution in [0.4, 0.5) is 0 Å². The van der Waals surface area contributed by atoms with Crippen LogP contribution in [0.3, 0.4) is 0 Å². The Bertz CT molecular complexity index is 3590. The third-order valence-corrected chi connectivity index (χ3v) is 38.9. The van der Waals surface area contributed by atoms with Crippen LogP contribution in [-0.2, 0) is 20.4 Å². The molecule has 0 saturated heterocycles. The number of hydrogen-bond donors (Lipinski definition) is 0. The second-order valence-corrected chi connectivity index (χ2v) is 41.8. The van der Waals surface area contributed by atoms with Gasteiger partial charge in [-0.25, -0.2) is 9.97 Å². The predicted molar refractivity (Wildman–Crippen MR) is 445 cm³/mol. The SMILES string of the molecule is CC(C)[Si](Sc1ccc(-c2ncccn2)cc1)(C(C)C)C(C)C.[Pd].c1ccc(P(c2ccccc2)c2ccccc2)cc1.c1ccc(P(c2ccccc2)c2ccccc2)cc1.c1ccc(P(c2ccccc2)c2ccccc2)cc1.c1ccc(P(c2ccccc2)c2ccccc2)cc1. The molecule has 9 heteroatoms. The Labute approximate surface area is 620 Å². The summed E-state index contributed by atoms with van der Waals surface area (Å²) in [6, 6.07) is 140. The van der Waals surface area contributed by atoms with Gasteiger partial charge in [-0.15, -0.1) is 0 Å². The Morgan fingerprint density at radius 2 is 0.380 bits per heavy atom. The first kappa shape index (κ1) is 76.1. The van der Waals surface area contributed by atoms with Crippen LogP contribution in [0.5, 0.6) is 0 Å². The average molecular weight is 1500 g/mol. The van der Waals surface area contributed by atoms with Crippen molar-refractivity contribution >= 4 is 114 Å². The molecular weight excluding hydrogens is 1410 g/mol. The van der Waals surface area contributed by atoms with Crippen molar-refractivity contribution in [2.75, 3.05) is 0 Å². The van der Waals surface area contributed by atoms with Crippen LogP contribution < -0.4 is 63.7 Å². The molecule has 0 saturated carbocycles. The van der Waals surface area contributed by atoms with Crippen molar-refractivity contribution in [2.24, 2.45) is 0 Å². The van der Waals surface area contributed by atoms with Gasteiger partial charge in [0.2, 0.25) is 0 Å². The minimum atomic E-state index is -1.48. The molecule has 0 aliphatic carbocycles. The standard InChI is InChI=1S/C19H28N2SSi.4C18H15P.Pd/c1-14(2)23(15(3)4,16(5)6)22-18-10-8-17(9-11-18)19-20-12-7-13-21-19;4*1-4-10-16(11-5-1)19(17-12-6-2-7-13-17)18-14-8-3-9-15-18;/h7-16H,1-6H3;4*1-15H;. The van der Waals surface area contributed by atoms with Crippen LogP contribution >= 0.6 is 42.9 Å². The van der Waals surface area contributed by atoms with Crippen molar-refractivity contribution in [3.63, 3.8) is 0 Å². The van der Waals surface area contributed by atoms with Gasteiger partial charge in [0.25, 0.3) is 0 Å². The maximum atomic E-state index is 4.33. The molecule has 0 amide bonds. The van der Waals surface area contributed by atoms with E-state index in [1.807, 2.05) is 6.07 Å². The van der Waals surface area contributed by atoms with Crippen molar-refractivity contribution in [3.8, 4) is 11.4 Å². The van der Waals surface area contributed by atoms with E-state index in [1.165, 1.54) is 68.5 Å². The Balaban J connectivity index is 0.000000146. The molecule has 0 bridgehead atoms. The number of rotatable bonds is 18. The van der Waals surface area contributed by atoms with Gasteiger partial charge in [0, 0.05) is 43.3 Å². The van der Waals surface area contributed by atoms with E-state index in [9.17, 15) is 0 Å². The summed E-state index contributed by atoms with van der Waals surface area (Å²) >= 11 is 2.16. The van der Waals surface area contributed by atoms with Crippen molar-refractivity contribution in [3.05, 3.63) is 407 Å². The van der Waals surface area contributed by atoms with Crippen molar-refractivity contribution in [1.82, 2.24) is 9.97 Å². The van der Waals surface area contributed by atoms with Crippen LogP contribution in [0.1, 0.15) is 41.5 Å². The van der Waals surface area contributed by atoms with Gasteiger partial charge in [-0.05, 0) is 130 Å². The molecule has 0 fully saturated rings. The molecule has 502 valence electrons. The molecule has 0 unspecified atom stereocenters. The Morgan fingerprint density at radius 3 is 0.530 bits per heavy atom. The van der Waals surface area contributed by atoms with Crippen molar-refractivity contribution < 1.29 is 20.4 Å². The van der Waals surface area contributed by atoms with E-state index < -0.39 is 38.9 Å². The normalized spacial score (nSPS) is 10.9. The first-order valence-electron chi connectivity index (χ1n) is 34.1. The van der Waals surface area contributed by atoms with Gasteiger partial charge in [0.1, 0.15) is 7.22 Å². The summed E-state index contributed by atoms with van der Waals surface area (Å²) in [5.41, 5.74) is 3.35. The van der Waals surface area contributed by atoms with E-state index in [0.717, 1.165) is 28.0 Å². The molecule has 2 nitrogen and oxygen atoms in total. The van der Waals surface area contributed by atoms with Crippen LogP contribution in [0.15, 0.2) is 412 Å². The molecule has 14 rings (SSSR count). The smallest absolute Gasteiger partial charge is 0.159 e. The van der Waals surface area contributed by atoms with Gasteiger partial charge in [-0.3, -0.25) is 0 Å².